The maximum atomic E-state index is 5.66. The molecule has 0 bridgehead atoms. The van der Waals surface area contributed by atoms with Crippen molar-refractivity contribution >= 4 is 0 Å². The highest BCUT2D eigenvalue weighted by Crippen LogP contribution is 2.24. The molecule has 1 aromatic rings. The molecule has 1 aromatic heterocycles. The van der Waals surface area contributed by atoms with Crippen LogP contribution >= 0.6 is 0 Å². The average Bonchev–Trinajstić information content (AvgIpc) is 2.89. The monoisotopic (exact) mass is 249 g/mol. The summed E-state index contributed by atoms with van der Waals surface area (Å²) >= 11 is 0. The number of pyridine rings is 1. The molecule has 0 spiro atoms. The molecule has 1 aliphatic rings. The van der Waals surface area contributed by atoms with Crippen LogP contribution in [-0.4, -0.2) is 17.7 Å². The molecule has 1 aliphatic heterocycles. The number of aromatic nitrogens is 1. The van der Waals surface area contributed by atoms with Gasteiger partial charge in [0.15, 0.2) is 0 Å². The molecule has 0 saturated carbocycles. The number of nitrogens with one attached hydrogen (secondary N) is 1. The Hall–Kier alpha value is -0.970. The lowest BCUT2D eigenvalue weighted by atomic mass is 9.98. The number of hydrazine groups is 1. The van der Waals surface area contributed by atoms with Crippen LogP contribution in [0.2, 0.25) is 0 Å². The second-order valence-corrected chi connectivity index (χ2v) is 5.02. The van der Waals surface area contributed by atoms with Crippen molar-refractivity contribution < 1.29 is 4.74 Å². The van der Waals surface area contributed by atoms with Crippen LogP contribution < -0.4 is 11.3 Å². The van der Waals surface area contributed by atoms with Crippen molar-refractivity contribution in [2.24, 2.45) is 5.84 Å². The Morgan fingerprint density at radius 2 is 2.50 bits per heavy atom. The largest absolute Gasteiger partial charge is 0.378 e. The molecule has 0 aliphatic carbocycles. The molecular formula is C14H23N3O. The summed E-state index contributed by atoms with van der Waals surface area (Å²) in [4.78, 5) is 4.18. The van der Waals surface area contributed by atoms with Crippen molar-refractivity contribution in [1.82, 2.24) is 10.4 Å². The van der Waals surface area contributed by atoms with E-state index in [1.807, 2.05) is 18.5 Å². The average molecular weight is 249 g/mol. The van der Waals surface area contributed by atoms with E-state index < -0.39 is 0 Å². The molecule has 2 heterocycles. The number of rotatable bonds is 6. The van der Waals surface area contributed by atoms with Gasteiger partial charge >= 0.3 is 0 Å². The predicted molar refractivity (Wildman–Crippen MR) is 71.9 cm³/mol. The van der Waals surface area contributed by atoms with Crippen LogP contribution in [0.4, 0.5) is 0 Å². The summed E-state index contributed by atoms with van der Waals surface area (Å²) in [6.07, 6.45) is 9.93. The Labute approximate surface area is 109 Å². The van der Waals surface area contributed by atoms with E-state index in [4.69, 9.17) is 10.6 Å². The van der Waals surface area contributed by atoms with Crippen LogP contribution in [-0.2, 0) is 4.74 Å². The van der Waals surface area contributed by atoms with Crippen LogP contribution in [0.5, 0.6) is 0 Å². The van der Waals surface area contributed by atoms with Gasteiger partial charge in [0, 0.05) is 25.0 Å². The van der Waals surface area contributed by atoms with E-state index in [0.29, 0.717) is 6.10 Å². The standard InChI is InChI=1S/C14H23N3O/c1-11-7-8-16-10-13(11)14(17-15)6-2-4-12-5-3-9-18-12/h7-8,10,12,14,17H,2-6,9,15H2,1H3. The molecule has 3 N–H and O–H groups in total. The van der Waals surface area contributed by atoms with Crippen LogP contribution in [0.15, 0.2) is 18.5 Å². The highest BCUT2D eigenvalue weighted by atomic mass is 16.5. The third kappa shape index (κ3) is 3.51. The third-order valence-corrected chi connectivity index (χ3v) is 3.70. The second kappa shape index (κ2) is 6.83. The smallest absolute Gasteiger partial charge is 0.0576 e. The minimum atomic E-state index is 0.195. The number of nitrogens with two attached hydrogens (primary N) is 1. The van der Waals surface area contributed by atoms with Gasteiger partial charge in [-0.15, -0.1) is 0 Å². The van der Waals surface area contributed by atoms with E-state index in [1.54, 1.807) is 0 Å². The zero-order valence-electron chi connectivity index (χ0n) is 11.1. The summed E-state index contributed by atoms with van der Waals surface area (Å²) in [5.74, 6) is 5.66. The summed E-state index contributed by atoms with van der Waals surface area (Å²) in [5, 5.41) is 0. The molecule has 0 radical (unpaired) electrons. The highest BCUT2D eigenvalue weighted by Gasteiger charge is 2.17. The molecule has 4 heteroatoms. The lowest BCUT2D eigenvalue weighted by molar-refractivity contribution is 0.101. The van der Waals surface area contributed by atoms with Gasteiger partial charge in [0.25, 0.3) is 0 Å². The summed E-state index contributed by atoms with van der Waals surface area (Å²) in [6.45, 7) is 3.03. The summed E-state index contributed by atoms with van der Waals surface area (Å²) in [7, 11) is 0. The zero-order valence-corrected chi connectivity index (χ0v) is 11.1. The van der Waals surface area contributed by atoms with Crippen LogP contribution in [0.3, 0.4) is 0 Å². The lowest BCUT2D eigenvalue weighted by Gasteiger charge is -2.18. The van der Waals surface area contributed by atoms with E-state index in [9.17, 15) is 0 Å². The first-order valence-corrected chi connectivity index (χ1v) is 6.79. The first-order chi connectivity index (χ1) is 8.81. The van der Waals surface area contributed by atoms with Gasteiger partial charge < -0.3 is 4.74 Å². The lowest BCUT2D eigenvalue weighted by Crippen LogP contribution is -2.28. The Bertz CT molecular complexity index is 364. The summed E-state index contributed by atoms with van der Waals surface area (Å²) in [6, 6.07) is 2.22. The van der Waals surface area contributed by atoms with Crippen molar-refractivity contribution in [3.63, 3.8) is 0 Å². The molecule has 0 aromatic carbocycles. The van der Waals surface area contributed by atoms with Crippen LogP contribution in [0.1, 0.15) is 49.3 Å². The number of aryl methyl sites for hydroxylation is 1. The molecule has 2 atom stereocenters. The molecule has 2 rings (SSSR count). The van der Waals surface area contributed by atoms with Crippen molar-refractivity contribution in [3.8, 4) is 0 Å². The van der Waals surface area contributed by atoms with Crippen LogP contribution in [0.25, 0.3) is 0 Å². The molecular weight excluding hydrogens is 226 g/mol. The van der Waals surface area contributed by atoms with Crippen LogP contribution in [0, 0.1) is 6.92 Å². The molecule has 4 nitrogen and oxygen atoms in total. The van der Waals surface area contributed by atoms with E-state index in [0.717, 1.165) is 25.9 Å². The normalized spacial score (nSPS) is 21.1. The molecule has 0 amide bonds. The minimum absolute atomic E-state index is 0.195. The maximum Gasteiger partial charge on any atom is 0.0576 e. The summed E-state index contributed by atoms with van der Waals surface area (Å²) < 4.78 is 5.63. The third-order valence-electron chi connectivity index (χ3n) is 3.70. The van der Waals surface area contributed by atoms with Gasteiger partial charge in [-0.2, -0.15) is 0 Å². The molecule has 2 unspecified atom stereocenters. The fourth-order valence-corrected chi connectivity index (χ4v) is 2.59. The van der Waals surface area contributed by atoms with Gasteiger partial charge in [-0.05, 0) is 56.2 Å². The quantitative estimate of drug-likeness (QED) is 0.599. The van der Waals surface area contributed by atoms with E-state index in [1.165, 1.54) is 24.0 Å². The van der Waals surface area contributed by atoms with Gasteiger partial charge in [0.1, 0.15) is 0 Å². The fourth-order valence-electron chi connectivity index (χ4n) is 2.59. The zero-order chi connectivity index (χ0) is 12.8. The Morgan fingerprint density at radius 1 is 1.61 bits per heavy atom. The summed E-state index contributed by atoms with van der Waals surface area (Å²) in [5.41, 5.74) is 5.35. The van der Waals surface area contributed by atoms with E-state index in [2.05, 4.69) is 17.3 Å². The van der Waals surface area contributed by atoms with Crippen molar-refractivity contribution in [3.05, 3.63) is 29.6 Å². The van der Waals surface area contributed by atoms with Gasteiger partial charge in [-0.3, -0.25) is 16.3 Å². The Morgan fingerprint density at radius 3 is 3.17 bits per heavy atom. The number of ether oxygens (including phenoxy) is 1. The fraction of sp³-hybridized carbons (Fsp3) is 0.643. The van der Waals surface area contributed by atoms with Gasteiger partial charge in [0.05, 0.1) is 6.10 Å². The van der Waals surface area contributed by atoms with E-state index >= 15 is 0 Å². The van der Waals surface area contributed by atoms with Gasteiger partial charge in [-0.1, -0.05) is 0 Å². The minimum Gasteiger partial charge on any atom is -0.378 e. The number of hydrogen-bond acceptors (Lipinski definition) is 4. The van der Waals surface area contributed by atoms with Crippen molar-refractivity contribution in [2.45, 2.75) is 51.2 Å². The van der Waals surface area contributed by atoms with Gasteiger partial charge in [-0.25, -0.2) is 0 Å². The van der Waals surface area contributed by atoms with Crippen molar-refractivity contribution in [2.75, 3.05) is 6.61 Å². The highest BCUT2D eigenvalue weighted by molar-refractivity contribution is 5.24. The first kappa shape index (κ1) is 13.5. The van der Waals surface area contributed by atoms with Gasteiger partial charge in [0.2, 0.25) is 0 Å². The molecule has 18 heavy (non-hydrogen) atoms. The second-order valence-electron chi connectivity index (χ2n) is 5.02. The Kier molecular flexibility index (Phi) is 5.11. The first-order valence-electron chi connectivity index (χ1n) is 6.79. The topological polar surface area (TPSA) is 60.2 Å². The van der Waals surface area contributed by atoms with E-state index in [-0.39, 0.29) is 6.04 Å². The van der Waals surface area contributed by atoms with Crippen molar-refractivity contribution in [1.29, 1.82) is 0 Å². The predicted octanol–water partition coefficient (Wildman–Crippen LogP) is 2.24. The Balaban J connectivity index is 1.83. The molecule has 1 fully saturated rings. The number of nitrogens with zero attached hydrogens (tertiary/aromatic N) is 1. The molecule has 100 valence electrons. The molecule has 1 saturated heterocycles. The maximum absolute atomic E-state index is 5.66. The SMILES string of the molecule is Cc1ccncc1C(CCCC1CCCO1)NN. The number of hydrogen-bond donors (Lipinski definition) is 2.